The Bertz CT molecular complexity index is 818. The summed E-state index contributed by atoms with van der Waals surface area (Å²) in [6.07, 6.45) is 0. The van der Waals surface area contributed by atoms with Crippen molar-refractivity contribution >= 4 is 38.3 Å². The molecule has 1 aromatic heterocycles. The number of fused-ring (bicyclic) bond motifs is 1. The number of non-ortho nitro benzene ring substituents is 1. The van der Waals surface area contributed by atoms with Crippen molar-refractivity contribution in [1.29, 1.82) is 0 Å². The van der Waals surface area contributed by atoms with E-state index in [2.05, 4.69) is 36.2 Å². The summed E-state index contributed by atoms with van der Waals surface area (Å²) < 4.78 is 5.60. The van der Waals surface area contributed by atoms with Crippen molar-refractivity contribution < 1.29 is 9.55 Å². The molecule has 7 nitrogen and oxygen atoms in total. The first-order chi connectivity index (χ1) is 10.1. The Morgan fingerprint density at radius 2 is 2.05 bits per heavy atom. The smallest absolute Gasteiger partial charge is 0.300 e. The van der Waals surface area contributed by atoms with Gasteiger partial charge in [-0.3, -0.25) is 10.1 Å². The molecule has 0 aliphatic heterocycles. The summed E-state index contributed by atoms with van der Waals surface area (Å²) in [7, 11) is 0. The second-order valence-corrected chi connectivity index (χ2v) is 5.25. The van der Waals surface area contributed by atoms with Crippen LogP contribution in [-0.2, 0) is 6.54 Å². The lowest BCUT2D eigenvalue weighted by Gasteiger charge is -2.06. The van der Waals surface area contributed by atoms with Crippen molar-refractivity contribution in [2.24, 2.45) is 0 Å². The van der Waals surface area contributed by atoms with Gasteiger partial charge in [0, 0.05) is 17.1 Å². The van der Waals surface area contributed by atoms with Gasteiger partial charge in [0.05, 0.1) is 10.6 Å². The molecule has 0 aliphatic rings. The van der Waals surface area contributed by atoms with Crippen molar-refractivity contribution in [2.75, 3.05) is 5.32 Å². The highest BCUT2D eigenvalue weighted by Gasteiger charge is 2.19. The van der Waals surface area contributed by atoms with Crippen LogP contribution in [0.4, 0.5) is 11.4 Å². The molecule has 106 valence electrons. The number of hydrogen-bond donors (Lipinski definition) is 1. The molecule has 0 amide bonds. The van der Waals surface area contributed by atoms with E-state index in [0.29, 0.717) is 17.7 Å². The Morgan fingerprint density at radius 1 is 1.24 bits per heavy atom. The zero-order valence-corrected chi connectivity index (χ0v) is 12.2. The van der Waals surface area contributed by atoms with Gasteiger partial charge >= 0.3 is 5.69 Å². The predicted molar refractivity (Wildman–Crippen MR) is 79.9 cm³/mol. The number of halogens is 1. The first kappa shape index (κ1) is 13.5. The summed E-state index contributed by atoms with van der Waals surface area (Å²) in [4.78, 5) is 10.4. The normalized spacial score (nSPS) is 10.7. The molecule has 0 aliphatic carbocycles. The molecule has 2 aromatic carbocycles. The predicted octanol–water partition coefficient (Wildman–Crippen LogP) is 3.51. The molecule has 21 heavy (non-hydrogen) atoms. The number of anilines is 1. The van der Waals surface area contributed by atoms with E-state index >= 15 is 0 Å². The van der Waals surface area contributed by atoms with E-state index in [1.165, 1.54) is 6.07 Å². The van der Waals surface area contributed by atoms with Crippen LogP contribution in [0.1, 0.15) is 5.56 Å². The SMILES string of the molecule is O=[N+]([O-])c1ccc(NCc2cccc(Br)c2)c2nonc12. The van der Waals surface area contributed by atoms with E-state index in [0.717, 1.165) is 10.0 Å². The topological polar surface area (TPSA) is 94.1 Å². The first-order valence-corrected chi connectivity index (χ1v) is 6.82. The Hall–Kier alpha value is -2.48. The van der Waals surface area contributed by atoms with Gasteiger partial charge in [-0.15, -0.1) is 0 Å². The lowest BCUT2D eigenvalue weighted by molar-refractivity contribution is -0.383. The largest absolute Gasteiger partial charge is 0.379 e. The minimum Gasteiger partial charge on any atom is -0.379 e. The standard InChI is InChI=1S/C13H9BrN4O3/c14-9-3-1-2-8(6-9)7-15-10-4-5-11(18(19)20)13-12(10)16-21-17-13/h1-6,15H,7H2. The zero-order valence-electron chi connectivity index (χ0n) is 10.6. The summed E-state index contributed by atoms with van der Waals surface area (Å²) in [5, 5.41) is 21.4. The molecule has 0 spiro atoms. The van der Waals surface area contributed by atoms with Gasteiger partial charge in [-0.25, -0.2) is 4.63 Å². The van der Waals surface area contributed by atoms with Crippen molar-refractivity contribution in [1.82, 2.24) is 10.3 Å². The molecular weight excluding hydrogens is 340 g/mol. The van der Waals surface area contributed by atoms with Crippen molar-refractivity contribution in [3.63, 3.8) is 0 Å². The van der Waals surface area contributed by atoms with Crippen molar-refractivity contribution in [2.45, 2.75) is 6.54 Å². The Kier molecular flexibility index (Phi) is 3.53. The lowest BCUT2D eigenvalue weighted by atomic mass is 10.2. The fourth-order valence-corrected chi connectivity index (χ4v) is 2.43. The van der Waals surface area contributed by atoms with Gasteiger partial charge in [-0.05, 0) is 34.1 Å². The van der Waals surface area contributed by atoms with Gasteiger partial charge in [0.2, 0.25) is 5.52 Å². The Labute approximate surface area is 127 Å². The third kappa shape index (κ3) is 2.70. The van der Waals surface area contributed by atoms with Gasteiger partial charge in [-0.2, -0.15) is 0 Å². The number of rotatable bonds is 4. The number of aromatic nitrogens is 2. The Morgan fingerprint density at radius 3 is 2.81 bits per heavy atom. The highest BCUT2D eigenvalue weighted by atomic mass is 79.9. The number of nitrogens with zero attached hydrogens (tertiary/aromatic N) is 3. The fraction of sp³-hybridized carbons (Fsp3) is 0.0769. The number of nitrogens with one attached hydrogen (secondary N) is 1. The monoisotopic (exact) mass is 348 g/mol. The van der Waals surface area contributed by atoms with Crippen LogP contribution in [0.25, 0.3) is 11.0 Å². The zero-order chi connectivity index (χ0) is 14.8. The second-order valence-electron chi connectivity index (χ2n) is 4.33. The molecule has 8 heteroatoms. The number of benzene rings is 2. The van der Waals surface area contributed by atoms with Crippen molar-refractivity contribution in [3.8, 4) is 0 Å². The summed E-state index contributed by atoms with van der Waals surface area (Å²) in [5.41, 5.74) is 2.06. The molecule has 3 rings (SSSR count). The van der Waals surface area contributed by atoms with E-state index < -0.39 is 4.92 Å². The van der Waals surface area contributed by atoms with Gasteiger partial charge in [0.1, 0.15) is 0 Å². The average molecular weight is 349 g/mol. The molecule has 0 radical (unpaired) electrons. The highest BCUT2D eigenvalue weighted by Crippen LogP contribution is 2.29. The number of nitro benzene ring substituents is 1. The highest BCUT2D eigenvalue weighted by molar-refractivity contribution is 9.10. The van der Waals surface area contributed by atoms with Crippen LogP contribution < -0.4 is 5.32 Å². The molecule has 0 unspecified atom stereocenters. The van der Waals surface area contributed by atoms with E-state index in [9.17, 15) is 10.1 Å². The third-order valence-corrected chi connectivity index (χ3v) is 3.46. The summed E-state index contributed by atoms with van der Waals surface area (Å²) in [6, 6.07) is 10.8. The molecule has 0 fully saturated rings. The van der Waals surface area contributed by atoms with E-state index in [1.807, 2.05) is 24.3 Å². The van der Waals surface area contributed by atoms with E-state index in [-0.39, 0.29) is 11.2 Å². The van der Waals surface area contributed by atoms with Crippen LogP contribution >= 0.6 is 15.9 Å². The van der Waals surface area contributed by atoms with Crippen LogP contribution in [0.5, 0.6) is 0 Å². The molecular formula is C13H9BrN4O3. The summed E-state index contributed by atoms with van der Waals surface area (Å²) in [6.45, 7) is 0.555. The molecule has 0 atom stereocenters. The van der Waals surface area contributed by atoms with Crippen LogP contribution in [0.2, 0.25) is 0 Å². The molecule has 1 N–H and O–H groups in total. The quantitative estimate of drug-likeness (QED) is 0.572. The van der Waals surface area contributed by atoms with Gasteiger partial charge in [0.15, 0.2) is 5.52 Å². The fourth-order valence-electron chi connectivity index (χ4n) is 1.99. The van der Waals surface area contributed by atoms with Gasteiger partial charge in [0.25, 0.3) is 0 Å². The maximum atomic E-state index is 10.9. The molecule has 0 saturated heterocycles. The first-order valence-electron chi connectivity index (χ1n) is 6.03. The van der Waals surface area contributed by atoms with E-state index in [1.54, 1.807) is 6.07 Å². The minimum atomic E-state index is -0.509. The maximum absolute atomic E-state index is 10.9. The van der Waals surface area contributed by atoms with Crippen molar-refractivity contribution in [3.05, 3.63) is 56.5 Å². The summed E-state index contributed by atoms with van der Waals surface area (Å²) in [5.74, 6) is 0. The van der Waals surface area contributed by atoms with Crippen LogP contribution in [-0.4, -0.2) is 15.2 Å². The lowest BCUT2D eigenvalue weighted by Crippen LogP contribution is -2.00. The number of hydrogen-bond acceptors (Lipinski definition) is 6. The van der Waals surface area contributed by atoms with E-state index in [4.69, 9.17) is 0 Å². The molecule has 0 bridgehead atoms. The Balaban J connectivity index is 1.90. The van der Waals surface area contributed by atoms with Gasteiger partial charge in [-0.1, -0.05) is 28.1 Å². The van der Waals surface area contributed by atoms with Crippen LogP contribution in [0, 0.1) is 10.1 Å². The minimum absolute atomic E-state index is 0.126. The summed E-state index contributed by atoms with van der Waals surface area (Å²) >= 11 is 3.41. The molecule has 0 saturated carbocycles. The third-order valence-electron chi connectivity index (χ3n) is 2.96. The van der Waals surface area contributed by atoms with Crippen LogP contribution in [0.15, 0.2) is 45.5 Å². The molecule has 3 aromatic rings. The maximum Gasteiger partial charge on any atom is 0.300 e. The van der Waals surface area contributed by atoms with Crippen LogP contribution in [0.3, 0.4) is 0 Å². The second kappa shape index (κ2) is 5.49. The number of nitro groups is 1. The molecule has 1 heterocycles. The van der Waals surface area contributed by atoms with Gasteiger partial charge < -0.3 is 5.32 Å². The average Bonchev–Trinajstić information content (AvgIpc) is 2.94.